The van der Waals surface area contributed by atoms with Gasteiger partial charge in [-0.25, -0.2) is 0 Å². The van der Waals surface area contributed by atoms with Crippen LogP contribution in [0.4, 0.5) is 11.5 Å². The fourth-order valence-electron chi connectivity index (χ4n) is 2.14. The van der Waals surface area contributed by atoms with Gasteiger partial charge in [0.1, 0.15) is 11.8 Å². The molecule has 0 aliphatic heterocycles. The third kappa shape index (κ3) is 3.89. The van der Waals surface area contributed by atoms with Gasteiger partial charge in [-0.05, 0) is 13.8 Å². The van der Waals surface area contributed by atoms with Gasteiger partial charge >= 0.3 is 0 Å². The Morgan fingerprint density at radius 3 is 2.21 bits per heavy atom. The van der Waals surface area contributed by atoms with Crippen LogP contribution in [0.2, 0.25) is 0 Å². The normalized spacial score (nSPS) is 11.5. The summed E-state index contributed by atoms with van der Waals surface area (Å²) in [4.78, 5) is 12.2. The second kappa shape index (κ2) is 7.58. The van der Waals surface area contributed by atoms with Gasteiger partial charge < -0.3 is 29.4 Å². The minimum absolute atomic E-state index is 0.253. The summed E-state index contributed by atoms with van der Waals surface area (Å²) in [5, 5.41) is 9.48. The van der Waals surface area contributed by atoms with E-state index in [1.54, 1.807) is 32.0 Å². The van der Waals surface area contributed by atoms with Crippen LogP contribution in [0.15, 0.2) is 22.7 Å². The van der Waals surface area contributed by atoms with Crippen LogP contribution in [-0.2, 0) is 4.79 Å². The summed E-state index contributed by atoms with van der Waals surface area (Å²) in [6.07, 6.45) is 0. The van der Waals surface area contributed by atoms with Gasteiger partial charge in [-0.15, -0.1) is 0 Å². The van der Waals surface area contributed by atoms with E-state index in [9.17, 15) is 4.79 Å². The Morgan fingerprint density at radius 1 is 1.12 bits per heavy atom. The van der Waals surface area contributed by atoms with E-state index in [1.807, 2.05) is 0 Å². The van der Waals surface area contributed by atoms with Crippen LogP contribution < -0.4 is 24.8 Å². The SMILES string of the molecule is COc1cc(N[C@@H](C)C(=O)Nc2cc(C)on2)cc(OC)c1OC. The smallest absolute Gasteiger partial charge is 0.247 e. The van der Waals surface area contributed by atoms with Crippen molar-refractivity contribution in [2.24, 2.45) is 0 Å². The minimum atomic E-state index is -0.523. The lowest BCUT2D eigenvalue weighted by atomic mass is 10.2. The molecule has 1 heterocycles. The summed E-state index contributed by atoms with van der Waals surface area (Å²) < 4.78 is 20.8. The lowest BCUT2D eigenvalue weighted by molar-refractivity contribution is -0.116. The first kappa shape index (κ1) is 17.5. The van der Waals surface area contributed by atoms with Crippen molar-refractivity contribution in [1.82, 2.24) is 5.16 Å². The Labute approximate surface area is 140 Å². The number of nitrogens with one attached hydrogen (secondary N) is 2. The molecule has 0 aliphatic rings. The van der Waals surface area contributed by atoms with Gasteiger partial charge in [0.05, 0.1) is 21.3 Å². The quantitative estimate of drug-likeness (QED) is 0.802. The van der Waals surface area contributed by atoms with Gasteiger partial charge in [-0.2, -0.15) is 0 Å². The van der Waals surface area contributed by atoms with E-state index in [0.29, 0.717) is 34.5 Å². The summed E-state index contributed by atoms with van der Waals surface area (Å²) in [6, 6.07) is 4.57. The average Bonchev–Trinajstić information content (AvgIpc) is 2.98. The zero-order valence-electron chi connectivity index (χ0n) is 14.3. The van der Waals surface area contributed by atoms with E-state index >= 15 is 0 Å². The van der Waals surface area contributed by atoms with Crippen LogP contribution in [0, 0.1) is 6.92 Å². The summed E-state index contributed by atoms with van der Waals surface area (Å²) in [7, 11) is 4.59. The van der Waals surface area contributed by atoms with Crippen LogP contribution in [0.25, 0.3) is 0 Å². The summed E-state index contributed by atoms with van der Waals surface area (Å²) in [6.45, 7) is 3.48. The molecule has 0 saturated carbocycles. The molecule has 0 bridgehead atoms. The third-order valence-electron chi connectivity index (χ3n) is 3.32. The van der Waals surface area contributed by atoms with Crippen LogP contribution >= 0.6 is 0 Å². The molecular formula is C16H21N3O5. The van der Waals surface area contributed by atoms with E-state index < -0.39 is 6.04 Å². The predicted octanol–water partition coefficient (Wildman–Crippen LogP) is 2.45. The van der Waals surface area contributed by atoms with E-state index in [-0.39, 0.29) is 5.91 Å². The van der Waals surface area contributed by atoms with E-state index in [2.05, 4.69) is 15.8 Å². The molecule has 0 aliphatic carbocycles. The molecular weight excluding hydrogens is 314 g/mol. The highest BCUT2D eigenvalue weighted by Gasteiger charge is 2.18. The fraction of sp³-hybridized carbons (Fsp3) is 0.375. The number of amides is 1. The van der Waals surface area contributed by atoms with Gasteiger partial charge in [-0.3, -0.25) is 4.79 Å². The zero-order valence-corrected chi connectivity index (χ0v) is 14.3. The number of rotatable bonds is 7. The first-order chi connectivity index (χ1) is 11.5. The van der Waals surface area contributed by atoms with Gasteiger partial charge in [0.25, 0.3) is 0 Å². The maximum Gasteiger partial charge on any atom is 0.247 e. The third-order valence-corrected chi connectivity index (χ3v) is 3.32. The summed E-state index contributed by atoms with van der Waals surface area (Å²) >= 11 is 0. The van der Waals surface area contributed by atoms with Crippen molar-refractivity contribution in [2.75, 3.05) is 32.0 Å². The molecule has 0 saturated heterocycles. The highest BCUT2D eigenvalue weighted by Crippen LogP contribution is 2.40. The number of carbonyl (C=O) groups is 1. The second-order valence-electron chi connectivity index (χ2n) is 5.09. The zero-order chi connectivity index (χ0) is 17.7. The van der Waals surface area contributed by atoms with E-state index in [1.165, 1.54) is 21.3 Å². The van der Waals surface area contributed by atoms with E-state index in [4.69, 9.17) is 18.7 Å². The van der Waals surface area contributed by atoms with Crippen molar-refractivity contribution < 1.29 is 23.5 Å². The Balaban J connectivity index is 2.12. The van der Waals surface area contributed by atoms with Crippen molar-refractivity contribution >= 4 is 17.4 Å². The molecule has 0 fully saturated rings. The number of carbonyl (C=O) groups excluding carboxylic acids is 1. The topological polar surface area (TPSA) is 94.9 Å². The van der Waals surface area contributed by atoms with Crippen LogP contribution in [0.5, 0.6) is 17.2 Å². The Bertz CT molecular complexity index is 688. The lowest BCUT2D eigenvalue weighted by Crippen LogP contribution is -2.32. The number of hydrogen-bond acceptors (Lipinski definition) is 7. The van der Waals surface area contributed by atoms with Crippen molar-refractivity contribution in [3.05, 3.63) is 24.0 Å². The van der Waals surface area contributed by atoms with Gasteiger partial charge in [0, 0.05) is 23.9 Å². The molecule has 0 radical (unpaired) electrons. The summed E-state index contributed by atoms with van der Waals surface area (Å²) in [5.74, 6) is 2.22. The van der Waals surface area contributed by atoms with E-state index in [0.717, 1.165) is 0 Å². The molecule has 8 nitrogen and oxygen atoms in total. The van der Waals surface area contributed by atoms with Crippen molar-refractivity contribution in [1.29, 1.82) is 0 Å². The number of aromatic nitrogens is 1. The molecule has 24 heavy (non-hydrogen) atoms. The molecule has 2 aromatic rings. The fourth-order valence-corrected chi connectivity index (χ4v) is 2.14. The lowest BCUT2D eigenvalue weighted by Gasteiger charge is -2.18. The van der Waals surface area contributed by atoms with Crippen LogP contribution in [0.3, 0.4) is 0 Å². The van der Waals surface area contributed by atoms with Crippen molar-refractivity contribution in [3.8, 4) is 17.2 Å². The largest absolute Gasteiger partial charge is 0.493 e. The minimum Gasteiger partial charge on any atom is -0.493 e. The van der Waals surface area contributed by atoms with Gasteiger partial charge in [0.15, 0.2) is 17.3 Å². The maximum absolute atomic E-state index is 12.2. The Hall–Kier alpha value is -2.90. The number of ether oxygens (including phenoxy) is 3. The molecule has 1 aromatic heterocycles. The standard InChI is InChI=1S/C16H21N3O5/c1-9-6-14(19-24-9)18-16(20)10(2)17-11-7-12(21-3)15(23-5)13(8-11)22-4/h6-8,10,17H,1-5H3,(H,18,19,20)/t10-/m0/s1. The molecule has 0 unspecified atom stereocenters. The number of hydrogen-bond donors (Lipinski definition) is 2. The predicted molar refractivity (Wildman–Crippen MR) is 89.1 cm³/mol. The van der Waals surface area contributed by atoms with Crippen LogP contribution in [-0.4, -0.2) is 38.4 Å². The number of methoxy groups -OCH3 is 3. The number of anilines is 2. The number of benzene rings is 1. The average molecular weight is 335 g/mol. The maximum atomic E-state index is 12.2. The second-order valence-corrected chi connectivity index (χ2v) is 5.09. The molecule has 1 amide bonds. The Kier molecular flexibility index (Phi) is 5.51. The number of aryl methyl sites for hydroxylation is 1. The molecule has 1 atom stereocenters. The number of nitrogens with zero attached hydrogens (tertiary/aromatic N) is 1. The monoisotopic (exact) mass is 335 g/mol. The Morgan fingerprint density at radius 2 is 1.75 bits per heavy atom. The molecule has 2 N–H and O–H groups in total. The molecule has 1 aromatic carbocycles. The molecule has 8 heteroatoms. The van der Waals surface area contributed by atoms with Gasteiger partial charge in [-0.1, -0.05) is 5.16 Å². The summed E-state index contributed by atoms with van der Waals surface area (Å²) in [5.41, 5.74) is 0.656. The molecule has 2 rings (SSSR count). The van der Waals surface area contributed by atoms with Gasteiger partial charge in [0.2, 0.25) is 11.7 Å². The van der Waals surface area contributed by atoms with Crippen molar-refractivity contribution in [3.63, 3.8) is 0 Å². The highest BCUT2D eigenvalue weighted by molar-refractivity contribution is 5.95. The molecule has 0 spiro atoms. The first-order valence-corrected chi connectivity index (χ1v) is 7.29. The first-order valence-electron chi connectivity index (χ1n) is 7.29. The molecule has 130 valence electrons. The van der Waals surface area contributed by atoms with Crippen LogP contribution in [0.1, 0.15) is 12.7 Å². The highest BCUT2D eigenvalue weighted by atomic mass is 16.5. The van der Waals surface area contributed by atoms with Crippen molar-refractivity contribution in [2.45, 2.75) is 19.9 Å².